The van der Waals surface area contributed by atoms with Crippen molar-refractivity contribution in [1.82, 2.24) is 4.98 Å². The van der Waals surface area contributed by atoms with Crippen LogP contribution in [0.4, 0.5) is 0 Å². The lowest BCUT2D eigenvalue weighted by Gasteiger charge is -1.91. The molecular formula is C10H9NO. The smallest absolute Gasteiger partial charge is 0.116 e. The van der Waals surface area contributed by atoms with E-state index in [0.29, 0.717) is 0 Å². The lowest BCUT2D eigenvalue weighted by molar-refractivity contribution is 0.460. The summed E-state index contributed by atoms with van der Waals surface area (Å²) in [6.45, 7) is 1.96. The van der Waals surface area contributed by atoms with Crippen molar-refractivity contribution in [3.63, 3.8) is 0 Å². The van der Waals surface area contributed by atoms with Crippen LogP contribution in [-0.4, -0.2) is 4.98 Å². The van der Waals surface area contributed by atoms with Gasteiger partial charge in [-0.15, -0.1) is 0 Å². The van der Waals surface area contributed by atoms with Crippen molar-refractivity contribution >= 4 is 12.3 Å². The molecule has 2 heterocycles. The van der Waals surface area contributed by atoms with E-state index >= 15 is 0 Å². The molecule has 0 saturated carbocycles. The predicted octanol–water partition coefficient (Wildman–Crippen LogP) is 0.452. The van der Waals surface area contributed by atoms with E-state index in [9.17, 15) is 0 Å². The van der Waals surface area contributed by atoms with Crippen LogP contribution in [0.3, 0.4) is 0 Å². The minimum absolute atomic E-state index is 0.889. The Labute approximate surface area is 70.5 Å². The van der Waals surface area contributed by atoms with E-state index in [1.807, 2.05) is 31.2 Å². The summed E-state index contributed by atoms with van der Waals surface area (Å²) in [4.78, 5) is 4.32. The van der Waals surface area contributed by atoms with Gasteiger partial charge in [-0.3, -0.25) is 0 Å². The third kappa shape index (κ3) is 1.23. The fraction of sp³-hybridized carbons (Fsp3) is 0.100. The van der Waals surface area contributed by atoms with E-state index < -0.39 is 0 Å². The lowest BCUT2D eigenvalue weighted by Crippen LogP contribution is -2.27. The molecule has 60 valence electrons. The van der Waals surface area contributed by atoms with Gasteiger partial charge in [0.15, 0.2) is 0 Å². The Balaban J connectivity index is 2.78. The molecule has 1 aromatic heterocycles. The second-order valence-electron chi connectivity index (χ2n) is 2.68. The number of aryl methyl sites for hydroxylation is 1. The molecule has 0 bridgehead atoms. The van der Waals surface area contributed by atoms with Crippen LogP contribution in [-0.2, 0) is 4.74 Å². The Hall–Kier alpha value is -1.57. The van der Waals surface area contributed by atoms with Gasteiger partial charge in [0.05, 0.1) is 6.26 Å². The molecule has 0 aliphatic carbocycles. The van der Waals surface area contributed by atoms with Crippen molar-refractivity contribution < 1.29 is 4.74 Å². The van der Waals surface area contributed by atoms with Crippen LogP contribution in [0.1, 0.15) is 5.69 Å². The highest BCUT2D eigenvalue weighted by Crippen LogP contribution is 1.86. The van der Waals surface area contributed by atoms with Gasteiger partial charge in [-0.1, -0.05) is 6.07 Å². The summed E-state index contributed by atoms with van der Waals surface area (Å²) in [5.41, 5.74) is 1.00. The van der Waals surface area contributed by atoms with Gasteiger partial charge in [-0.25, -0.2) is 4.98 Å². The largest absolute Gasteiger partial charge is 0.470 e. The van der Waals surface area contributed by atoms with Gasteiger partial charge in [0.2, 0.25) is 0 Å². The second-order valence-corrected chi connectivity index (χ2v) is 2.68. The van der Waals surface area contributed by atoms with Crippen molar-refractivity contribution in [3.05, 3.63) is 40.7 Å². The SMILES string of the molecule is Cc1ccc2c(n1)=COC=CC=2. The highest BCUT2D eigenvalue weighted by atomic mass is 16.5. The average molecular weight is 159 g/mol. The van der Waals surface area contributed by atoms with Crippen molar-refractivity contribution in [2.24, 2.45) is 0 Å². The van der Waals surface area contributed by atoms with Crippen LogP contribution in [0.25, 0.3) is 12.3 Å². The van der Waals surface area contributed by atoms with Gasteiger partial charge < -0.3 is 4.74 Å². The monoisotopic (exact) mass is 159 g/mol. The first kappa shape index (κ1) is 7.10. The lowest BCUT2D eigenvalue weighted by atomic mass is 10.3. The van der Waals surface area contributed by atoms with Gasteiger partial charge in [0.1, 0.15) is 11.6 Å². The summed E-state index contributed by atoms with van der Waals surface area (Å²) >= 11 is 0. The fourth-order valence-electron chi connectivity index (χ4n) is 1.11. The summed E-state index contributed by atoms with van der Waals surface area (Å²) < 4.78 is 5.08. The zero-order valence-electron chi connectivity index (χ0n) is 6.82. The topological polar surface area (TPSA) is 22.1 Å². The maximum Gasteiger partial charge on any atom is 0.116 e. The van der Waals surface area contributed by atoms with Gasteiger partial charge in [0, 0.05) is 10.9 Å². The summed E-state index contributed by atoms with van der Waals surface area (Å²) in [5, 5.41) is 1.98. The molecule has 1 aliphatic heterocycles. The third-order valence-corrected chi connectivity index (χ3v) is 1.71. The van der Waals surface area contributed by atoms with Crippen LogP contribution in [0, 0.1) is 6.92 Å². The van der Waals surface area contributed by atoms with Crippen LogP contribution >= 0.6 is 0 Å². The Kier molecular flexibility index (Phi) is 1.67. The normalized spacial score (nSPS) is 13.4. The Bertz CT molecular complexity index is 432. The Morgan fingerprint density at radius 2 is 2.25 bits per heavy atom. The molecular weight excluding hydrogens is 150 g/mol. The standard InChI is InChI=1S/C10H9NO/c1-8-4-5-9-3-2-6-12-7-10(9)11-8/h2-7H,1H3. The summed E-state index contributed by atoms with van der Waals surface area (Å²) in [5.74, 6) is 0. The predicted molar refractivity (Wildman–Crippen MR) is 47.4 cm³/mol. The highest BCUT2D eigenvalue weighted by molar-refractivity contribution is 5.39. The molecule has 0 fully saturated rings. The molecule has 0 spiro atoms. The molecule has 0 aromatic carbocycles. The van der Waals surface area contributed by atoms with Gasteiger partial charge in [-0.2, -0.15) is 0 Å². The minimum atomic E-state index is 0.889. The quantitative estimate of drug-likeness (QED) is 0.548. The Morgan fingerprint density at radius 1 is 1.33 bits per heavy atom. The highest BCUT2D eigenvalue weighted by Gasteiger charge is 1.90. The number of aromatic nitrogens is 1. The van der Waals surface area contributed by atoms with Crippen molar-refractivity contribution in [3.8, 4) is 0 Å². The van der Waals surface area contributed by atoms with E-state index in [1.54, 1.807) is 12.5 Å². The van der Waals surface area contributed by atoms with E-state index in [1.165, 1.54) is 0 Å². The molecule has 0 amide bonds. The fourth-order valence-corrected chi connectivity index (χ4v) is 1.11. The van der Waals surface area contributed by atoms with Crippen LogP contribution in [0.5, 0.6) is 0 Å². The Morgan fingerprint density at radius 3 is 3.17 bits per heavy atom. The van der Waals surface area contributed by atoms with Gasteiger partial charge >= 0.3 is 0 Å². The summed E-state index contributed by atoms with van der Waals surface area (Å²) in [7, 11) is 0. The number of rotatable bonds is 0. The summed E-state index contributed by atoms with van der Waals surface area (Å²) in [6, 6.07) is 4.02. The first-order valence-corrected chi connectivity index (χ1v) is 3.82. The van der Waals surface area contributed by atoms with E-state index in [2.05, 4.69) is 4.98 Å². The molecule has 0 N–H and O–H groups in total. The number of allylic oxidation sites excluding steroid dienone is 1. The molecule has 12 heavy (non-hydrogen) atoms. The molecule has 2 heteroatoms. The number of hydrogen-bond donors (Lipinski definition) is 0. The summed E-state index contributed by atoms with van der Waals surface area (Å²) in [6.07, 6.45) is 7.13. The maximum absolute atomic E-state index is 5.08. The minimum Gasteiger partial charge on any atom is -0.470 e. The van der Waals surface area contributed by atoms with Gasteiger partial charge in [0.25, 0.3) is 0 Å². The van der Waals surface area contributed by atoms with E-state index in [0.717, 1.165) is 16.3 Å². The van der Waals surface area contributed by atoms with Crippen molar-refractivity contribution in [1.29, 1.82) is 0 Å². The number of fused-ring (bicyclic) bond motifs is 1. The first-order valence-electron chi connectivity index (χ1n) is 3.82. The molecule has 2 rings (SSSR count). The van der Waals surface area contributed by atoms with Crippen LogP contribution in [0.2, 0.25) is 0 Å². The van der Waals surface area contributed by atoms with Gasteiger partial charge in [-0.05, 0) is 25.1 Å². The maximum atomic E-state index is 5.08. The zero-order chi connectivity index (χ0) is 8.39. The molecule has 0 saturated heterocycles. The van der Waals surface area contributed by atoms with E-state index in [4.69, 9.17) is 4.74 Å². The third-order valence-electron chi connectivity index (χ3n) is 1.71. The van der Waals surface area contributed by atoms with Crippen molar-refractivity contribution in [2.75, 3.05) is 0 Å². The van der Waals surface area contributed by atoms with Crippen LogP contribution < -0.4 is 10.6 Å². The molecule has 1 aromatic rings. The van der Waals surface area contributed by atoms with E-state index in [-0.39, 0.29) is 0 Å². The zero-order valence-corrected chi connectivity index (χ0v) is 6.82. The molecule has 0 radical (unpaired) electrons. The number of hydrogen-bond acceptors (Lipinski definition) is 2. The average Bonchev–Trinajstić information content (AvgIpc) is 2.28. The number of pyridine rings is 1. The molecule has 0 unspecified atom stereocenters. The molecule has 2 nitrogen and oxygen atoms in total. The van der Waals surface area contributed by atoms with Crippen molar-refractivity contribution in [2.45, 2.75) is 6.92 Å². The first-order chi connectivity index (χ1) is 5.86. The molecule has 1 aliphatic rings. The number of nitrogens with zero attached hydrogens (tertiary/aromatic N) is 1. The molecule has 0 atom stereocenters. The van der Waals surface area contributed by atoms with Crippen LogP contribution in [0.15, 0.2) is 24.5 Å². The number of ether oxygens (including phenoxy) is 1. The second kappa shape index (κ2) is 2.81.